The summed E-state index contributed by atoms with van der Waals surface area (Å²) < 4.78 is 9.11. The maximum Gasteiger partial charge on any atom is 0.233 e. The Balaban J connectivity index is 2.35. The van der Waals surface area contributed by atoms with Crippen molar-refractivity contribution in [1.29, 1.82) is 0 Å². The van der Waals surface area contributed by atoms with Gasteiger partial charge in [0, 0.05) is 31.7 Å². The van der Waals surface area contributed by atoms with Crippen molar-refractivity contribution in [1.82, 2.24) is 9.36 Å². The summed E-state index contributed by atoms with van der Waals surface area (Å²) in [7, 11) is 1.94. The second-order valence-corrected chi connectivity index (χ2v) is 3.28. The number of likely N-dealkylation sites (N-methyl/N-ethyl adjacent to an activating group) is 1. The van der Waals surface area contributed by atoms with Crippen molar-refractivity contribution in [2.45, 2.75) is 6.92 Å². The molecule has 0 bridgehead atoms. The Morgan fingerprint density at radius 1 is 1.62 bits per heavy atom. The molecule has 0 aliphatic carbocycles. The van der Waals surface area contributed by atoms with E-state index in [0.717, 1.165) is 18.3 Å². The molecule has 74 valence electrons. The summed E-state index contributed by atoms with van der Waals surface area (Å²) in [4.78, 5) is 6.02. The molecule has 2 N–H and O–H groups in total. The number of aromatic nitrogens is 2. The van der Waals surface area contributed by atoms with Crippen LogP contribution in [-0.4, -0.2) is 36.2 Å². The predicted molar refractivity (Wildman–Crippen MR) is 54.1 cm³/mol. The van der Waals surface area contributed by atoms with Gasteiger partial charge in [-0.3, -0.25) is 0 Å². The molecule has 0 radical (unpaired) electrons. The lowest BCUT2D eigenvalue weighted by Gasteiger charge is -2.14. The summed E-state index contributed by atoms with van der Waals surface area (Å²) in [5, 5.41) is 0.831. The quantitative estimate of drug-likeness (QED) is 0.708. The average molecular weight is 202 g/mol. The number of nitrogens with zero attached hydrogens (tertiary/aromatic N) is 3. The molecule has 0 saturated heterocycles. The molecule has 0 spiro atoms. The second kappa shape index (κ2) is 4.98. The molecule has 0 saturated carbocycles. The third-order valence-corrected chi connectivity index (χ3v) is 2.38. The number of anilines is 2. The van der Waals surface area contributed by atoms with E-state index in [1.54, 1.807) is 0 Å². The zero-order valence-corrected chi connectivity index (χ0v) is 8.67. The van der Waals surface area contributed by atoms with E-state index in [9.17, 15) is 0 Å². The third kappa shape index (κ3) is 3.16. The Morgan fingerprint density at radius 2 is 2.38 bits per heavy atom. The highest BCUT2D eigenvalue weighted by Crippen LogP contribution is 2.15. The highest BCUT2D eigenvalue weighted by Gasteiger charge is 2.05. The normalized spacial score (nSPS) is 10.3. The molecule has 1 aromatic rings. The van der Waals surface area contributed by atoms with Gasteiger partial charge in [-0.1, -0.05) is 0 Å². The van der Waals surface area contributed by atoms with E-state index in [-0.39, 0.29) is 0 Å². The lowest BCUT2D eigenvalue weighted by molar-refractivity contribution is 0.154. The molecule has 0 aliphatic rings. The first-order valence-electron chi connectivity index (χ1n) is 4.12. The lowest BCUT2D eigenvalue weighted by atomic mass is 10.6. The van der Waals surface area contributed by atoms with Crippen LogP contribution >= 0.6 is 11.5 Å². The van der Waals surface area contributed by atoms with E-state index in [1.165, 1.54) is 11.5 Å². The van der Waals surface area contributed by atoms with Gasteiger partial charge in [-0.15, -0.1) is 0 Å². The average Bonchev–Trinajstić information content (AvgIpc) is 2.52. The Labute approximate surface area is 81.7 Å². The molecule has 0 aromatic carbocycles. The maximum absolute atomic E-state index is 5.40. The molecule has 1 heterocycles. The first-order valence-corrected chi connectivity index (χ1v) is 4.89. The lowest BCUT2D eigenvalue weighted by Crippen LogP contribution is -2.22. The van der Waals surface area contributed by atoms with Crippen LogP contribution < -0.4 is 10.6 Å². The molecular weight excluding hydrogens is 188 g/mol. The molecular formula is C7H14N4OS. The minimum absolute atomic E-state index is 0.336. The number of hydrogen-bond donors (Lipinski definition) is 1. The predicted octanol–water partition coefficient (Wildman–Crippen LogP) is 0.593. The van der Waals surface area contributed by atoms with Crippen LogP contribution in [0.5, 0.6) is 0 Å². The monoisotopic (exact) mass is 202 g/mol. The van der Waals surface area contributed by atoms with Gasteiger partial charge in [0.15, 0.2) is 0 Å². The molecule has 13 heavy (non-hydrogen) atoms. The number of ether oxygens (including phenoxy) is 1. The van der Waals surface area contributed by atoms with Crippen molar-refractivity contribution >= 4 is 22.6 Å². The van der Waals surface area contributed by atoms with E-state index in [0.29, 0.717) is 12.6 Å². The van der Waals surface area contributed by atoms with Gasteiger partial charge < -0.3 is 15.4 Å². The molecule has 6 heteroatoms. The topological polar surface area (TPSA) is 64.3 Å². The van der Waals surface area contributed by atoms with Gasteiger partial charge in [-0.05, 0) is 6.92 Å². The molecule has 0 aliphatic heterocycles. The van der Waals surface area contributed by atoms with Crippen LogP contribution in [0.1, 0.15) is 6.92 Å². The number of nitrogens with two attached hydrogens (primary N) is 1. The van der Waals surface area contributed by atoms with Gasteiger partial charge in [-0.25, -0.2) is 0 Å². The van der Waals surface area contributed by atoms with Crippen molar-refractivity contribution in [3.8, 4) is 0 Å². The minimum atomic E-state index is 0.336. The van der Waals surface area contributed by atoms with Gasteiger partial charge in [0.1, 0.15) is 0 Å². The van der Waals surface area contributed by atoms with Gasteiger partial charge in [-0.2, -0.15) is 9.36 Å². The van der Waals surface area contributed by atoms with Crippen molar-refractivity contribution in [2.75, 3.05) is 37.4 Å². The Morgan fingerprint density at radius 3 is 2.92 bits per heavy atom. The maximum atomic E-state index is 5.40. The molecule has 0 fully saturated rings. The third-order valence-electron chi connectivity index (χ3n) is 1.53. The molecule has 1 aromatic heterocycles. The van der Waals surface area contributed by atoms with E-state index < -0.39 is 0 Å². The fourth-order valence-corrected chi connectivity index (χ4v) is 1.40. The van der Waals surface area contributed by atoms with E-state index in [2.05, 4.69) is 9.36 Å². The Kier molecular flexibility index (Phi) is 3.91. The highest BCUT2D eigenvalue weighted by atomic mass is 32.1. The van der Waals surface area contributed by atoms with Crippen molar-refractivity contribution in [3.05, 3.63) is 0 Å². The van der Waals surface area contributed by atoms with Crippen LogP contribution in [0.3, 0.4) is 0 Å². The number of rotatable bonds is 5. The van der Waals surface area contributed by atoms with Crippen molar-refractivity contribution < 1.29 is 4.74 Å². The standard InChI is InChI=1S/C7H14N4OS/c1-3-12-5-4-11(2)7-9-6(8)10-13-7/h3-5H2,1-2H3,(H2,8,10). The van der Waals surface area contributed by atoms with E-state index in [4.69, 9.17) is 10.5 Å². The summed E-state index contributed by atoms with van der Waals surface area (Å²) in [5.74, 6) is 0.336. The fourth-order valence-electron chi connectivity index (χ4n) is 0.823. The summed E-state index contributed by atoms with van der Waals surface area (Å²) in [6, 6.07) is 0. The Hall–Kier alpha value is -0.880. The summed E-state index contributed by atoms with van der Waals surface area (Å²) in [6.07, 6.45) is 0. The molecule has 0 amide bonds. The number of nitrogen functional groups attached to an aromatic ring is 1. The van der Waals surface area contributed by atoms with Gasteiger partial charge in [0.25, 0.3) is 0 Å². The van der Waals surface area contributed by atoms with Gasteiger partial charge in [0.2, 0.25) is 11.1 Å². The van der Waals surface area contributed by atoms with Crippen LogP contribution in [0.2, 0.25) is 0 Å². The van der Waals surface area contributed by atoms with Crippen LogP contribution in [0, 0.1) is 0 Å². The minimum Gasteiger partial charge on any atom is -0.380 e. The van der Waals surface area contributed by atoms with Crippen LogP contribution in [0.4, 0.5) is 11.1 Å². The smallest absolute Gasteiger partial charge is 0.233 e. The number of hydrogen-bond acceptors (Lipinski definition) is 6. The first-order chi connectivity index (χ1) is 6.24. The van der Waals surface area contributed by atoms with E-state index in [1.807, 2.05) is 18.9 Å². The fraction of sp³-hybridized carbons (Fsp3) is 0.714. The highest BCUT2D eigenvalue weighted by molar-refractivity contribution is 7.09. The summed E-state index contributed by atoms with van der Waals surface area (Å²) in [5.41, 5.74) is 5.40. The first kappa shape index (κ1) is 10.2. The molecule has 1 rings (SSSR count). The van der Waals surface area contributed by atoms with Crippen molar-refractivity contribution in [2.24, 2.45) is 0 Å². The van der Waals surface area contributed by atoms with Crippen LogP contribution in [0.15, 0.2) is 0 Å². The second-order valence-electron chi connectivity index (χ2n) is 2.55. The summed E-state index contributed by atoms with van der Waals surface area (Å²) >= 11 is 1.30. The van der Waals surface area contributed by atoms with Crippen molar-refractivity contribution in [3.63, 3.8) is 0 Å². The molecule has 5 nitrogen and oxygen atoms in total. The van der Waals surface area contributed by atoms with Gasteiger partial charge >= 0.3 is 0 Å². The van der Waals surface area contributed by atoms with Crippen LogP contribution in [0.25, 0.3) is 0 Å². The zero-order chi connectivity index (χ0) is 9.68. The Bertz CT molecular complexity index is 252. The summed E-state index contributed by atoms with van der Waals surface area (Å²) in [6.45, 7) is 4.23. The van der Waals surface area contributed by atoms with Gasteiger partial charge in [0.05, 0.1) is 6.61 Å². The largest absolute Gasteiger partial charge is 0.380 e. The molecule has 0 unspecified atom stereocenters. The SMILES string of the molecule is CCOCCN(C)c1nc(N)ns1. The van der Waals surface area contributed by atoms with Crippen LogP contribution in [-0.2, 0) is 4.74 Å². The zero-order valence-electron chi connectivity index (χ0n) is 7.86. The van der Waals surface area contributed by atoms with E-state index >= 15 is 0 Å². The molecule has 0 atom stereocenters.